The molecule has 0 aliphatic carbocycles. The number of halogens is 3. The van der Waals surface area contributed by atoms with E-state index in [-0.39, 0.29) is 5.41 Å². The molecule has 5 heteroatoms. The van der Waals surface area contributed by atoms with Crippen LogP contribution in [0.25, 0.3) is 0 Å². The standard InChI is InChI=1S/C12H19BrCl2N2/c1-4-9-11(13)10(17(5-2)16-9)6-12(3,7-14)8-15/h4-8H2,1-3H3. The molecule has 0 radical (unpaired) electrons. The summed E-state index contributed by atoms with van der Waals surface area (Å²) in [5.74, 6) is 1.11. The first-order valence-corrected chi connectivity index (χ1v) is 7.73. The summed E-state index contributed by atoms with van der Waals surface area (Å²) in [5.41, 5.74) is 2.23. The van der Waals surface area contributed by atoms with E-state index in [4.69, 9.17) is 23.2 Å². The first-order chi connectivity index (χ1) is 8.01. The van der Waals surface area contributed by atoms with Gasteiger partial charge in [0.2, 0.25) is 0 Å². The van der Waals surface area contributed by atoms with Crippen molar-refractivity contribution in [3.63, 3.8) is 0 Å². The molecule has 1 aromatic rings. The smallest absolute Gasteiger partial charge is 0.0766 e. The van der Waals surface area contributed by atoms with Gasteiger partial charge in [-0.2, -0.15) is 5.10 Å². The number of rotatable bonds is 6. The van der Waals surface area contributed by atoms with Gasteiger partial charge in [0.15, 0.2) is 0 Å². The summed E-state index contributed by atoms with van der Waals surface area (Å²) in [6.45, 7) is 7.19. The van der Waals surface area contributed by atoms with Crippen LogP contribution in [0, 0.1) is 5.41 Å². The number of hydrogen-bond acceptors (Lipinski definition) is 1. The first-order valence-electron chi connectivity index (χ1n) is 5.87. The summed E-state index contributed by atoms with van der Waals surface area (Å²) < 4.78 is 3.16. The third-order valence-corrected chi connectivity index (χ3v) is 5.14. The van der Waals surface area contributed by atoms with Crippen LogP contribution in [0.2, 0.25) is 0 Å². The Balaban J connectivity index is 3.08. The Morgan fingerprint density at radius 3 is 2.29 bits per heavy atom. The zero-order valence-corrected chi connectivity index (χ0v) is 13.7. The number of aryl methyl sites for hydroxylation is 2. The molecule has 0 aliphatic heterocycles. The van der Waals surface area contributed by atoms with Crippen LogP contribution in [0.15, 0.2) is 4.47 Å². The number of nitrogens with zero attached hydrogens (tertiary/aromatic N) is 2. The molecule has 2 nitrogen and oxygen atoms in total. The van der Waals surface area contributed by atoms with Crippen molar-refractivity contribution < 1.29 is 0 Å². The second kappa shape index (κ2) is 6.44. The third-order valence-electron chi connectivity index (χ3n) is 2.93. The van der Waals surface area contributed by atoms with Gasteiger partial charge in [-0.15, -0.1) is 23.2 Å². The molecule has 0 atom stereocenters. The minimum Gasteiger partial charge on any atom is -0.268 e. The maximum Gasteiger partial charge on any atom is 0.0766 e. The lowest BCUT2D eigenvalue weighted by molar-refractivity contribution is 0.405. The van der Waals surface area contributed by atoms with Crippen molar-refractivity contribution in [2.45, 2.75) is 40.2 Å². The van der Waals surface area contributed by atoms with Gasteiger partial charge in [-0.05, 0) is 35.7 Å². The van der Waals surface area contributed by atoms with Crippen LogP contribution in [0.3, 0.4) is 0 Å². The van der Waals surface area contributed by atoms with Gasteiger partial charge in [0.25, 0.3) is 0 Å². The van der Waals surface area contributed by atoms with E-state index in [0.29, 0.717) is 11.8 Å². The van der Waals surface area contributed by atoms with E-state index in [2.05, 4.69) is 41.8 Å². The average molecular weight is 342 g/mol. The van der Waals surface area contributed by atoms with Crippen LogP contribution in [0.1, 0.15) is 32.2 Å². The van der Waals surface area contributed by atoms with E-state index < -0.39 is 0 Å². The highest BCUT2D eigenvalue weighted by Gasteiger charge is 2.27. The number of hydrogen-bond donors (Lipinski definition) is 0. The molecule has 0 fully saturated rings. The lowest BCUT2D eigenvalue weighted by Gasteiger charge is -2.24. The molecule has 0 unspecified atom stereocenters. The zero-order valence-electron chi connectivity index (χ0n) is 10.6. The third kappa shape index (κ3) is 3.39. The highest BCUT2D eigenvalue weighted by atomic mass is 79.9. The Morgan fingerprint density at radius 2 is 1.88 bits per heavy atom. The lowest BCUT2D eigenvalue weighted by Crippen LogP contribution is -2.25. The van der Waals surface area contributed by atoms with Gasteiger partial charge in [0.1, 0.15) is 0 Å². The van der Waals surface area contributed by atoms with Gasteiger partial charge >= 0.3 is 0 Å². The van der Waals surface area contributed by atoms with E-state index in [1.165, 1.54) is 5.69 Å². The molecule has 1 aromatic heterocycles. The van der Waals surface area contributed by atoms with Crippen molar-refractivity contribution in [1.82, 2.24) is 9.78 Å². The maximum atomic E-state index is 6.02. The van der Waals surface area contributed by atoms with Crippen LogP contribution in [0.5, 0.6) is 0 Å². The van der Waals surface area contributed by atoms with Crippen LogP contribution < -0.4 is 0 Å². The molecule has 0 spiro atoms. The predicted octanol–water partition coefficient (Wildman–Crippen LogP) is 4.25. The maximum absolute atomic E-state index is 6.02. The Bertz CT molecular complexity index is 373. The molecular formula is C12H19BrCl2N2. The van der Waals surface area contributed by atoms with E-state index in [0.717, 1.165) is 29.6 Å². The first kappa shape index (κ1) is 15.3. The van der Waals surface area contributed by atoms with Gasteiger partial charge in [0.05, 0.1) is 15.9 Å². The largest absolute Gasteiger partial charge is 0.268 e. The normalized spacial score (nSPS) is 12.1. The van der Waals surface area contributed by atoms with E-state index in [9.17, 15) is 0 Å². The molecule has 98 valence electrons. The van der Waals surface area contributed by atoms with Gasteiger partial charge in [-0.1, -0.05) is 13.8 Å². The van der Waals surface area contributed by atoms with E-state index in [1.807, 2.05) is 4.68 Å². The van der Waals surface area contributed by atoms with Crippen molar-refractivity contribution in [1.29, 1.82) is 0 Å². The monoisotopic (exact) mass is 340 g/mol. The SMILES string of the molecule is CCc1nn(CC)c(CC(C)(CCl)CCl)c1Br. The van der Waals surface area contributed by atoms with Crippen LogP contribution >= 0.6 is 39.1 Å². The molecule has 0 N–H and O–H groups in total. The molecule has 0 bridgehead atoms. The minimum absolute atomic E-state index is 0.0798. The van der Waals surface area contributed by atoms with Crippen molar-refractivity contribution in [2.24, 2.45) is 5.41 Å². The minimum atomic E-state index is -0.0798. The number of alkyl halides is 2. The molecule has 17 heavy (non-hydrogen) atoms. The molecule has 0 amide bonds. The lowest BCUT2D eigenvalue weighted by atomic mass is 9.89. The topological polar surface area (TPSA) is 17.8 Å². The van der Waals surface area contributed by atoms with Crippen LogP contribution in [0.4, 0.5) is 0 Å². The van der Waals surface area contributed by atoms with Crippen molar-refractivity contribution in [2.75, 3.05) is 11.8 Å². The quantitative estimate of drug-likeness (QED) is 0.707. The van der Waals surface area contributed by atoms with Crippen molar-refractivity contribution in [3.05, 3.63) is 15.9 Å². The van der Waals surface area contributed by atoms with E-state index >= 15 is 0 Å². The second-order valence-electron chi connectivity index (χ2n) is 4.63. The molecule has 1 rings (SSSR count). The van der Waals surface area contributed by atoms with Crippen LogP contribution in [-0.2, 0) is 19.4 Å². The highest BCUT2D eigenvalue weighted by molar-refractivity contribution is 9.10. The summed E-state index contributed by atoms with van der Waals surface area (Å²) >= 11 is 15.7. The Labute approximate surface area is 122 Å². The Kier molecular flexibility index (Phi) is 5.81. The Morgan fingerprint density at radius 1 is 1.29 bits per heavy atom. The highest BCUT2D eigenvalue weighted by Crippen LogP contribution is 2.31. The zero-order chi connectivity index (χ0) is 13.1. The molecule has 1 heterocycles. The second-order valence-corrected chi connectivity index (χ2v) is 5.96. The average Bonchev–Trinajstić information content (AvgIpc) is 2.66. The van der Waals surface area contributed by atoms with Crippen molar-refractivity contribution >= 4 is 39.1 Å². The Hall–Kier alpha value is 0.270. The molecule has 0 saturated carbocycles. The summed E-state index contributed by atoms with van der Waals surface area (Å²) in [6.07, 6.45) is 1.78. The fourth-order valence-electron chi connectivity index (χ4n) is 1.72. The molecule has 0 aromatic carbocycles. The van der Waals surface area contributed by atoms with Gasteiger partial charge in [0, 0.05) is 23.7 Å². The predicted molar refractivity (Wildman–Crippen MR) is 78.2 cm³/mol. The fraction of sp³-hybridized carbons (Fsp3) is 0.750. The molecular weight excluding hydrogens is 323 g/mol. The summed E-state index contributed by atoms with van der Waals surface area (Å²) in [5, 5.41) is 4.58. The molecule has 0 aliphatic rings. The van der Waals surface area contributed by atoms with Gasteiger partial charge in [-0.3, -0.25) is 4.68 Å². The number of aromatic nitrogens is 2. The van der Waals surface area contributed by atoms with Gasteiger partial charge < -0.3 is 0 Å². The van der Waals surface area contributed by atoms with Gasteiger partial charge in [-0.25, -0.2) is 0 Å². The molecule has 0 saturated heterocycles. The summed E-state index contributed by atoms with van der Waals surface area (Å²) in [4.78, 5) is 0. The van der Waals surface area contributed by atoms with Crippen LogP contribution in [-0.4, -0.2) is 21.5 Å². The summed E-state index contributed by atoms with van der Waals surface area (Å²) in [6, 6.07) is 0. The van der Waals surface area contributed by atoms with E-state index in [1.54, 1.807) is 0 Å². The van der Waals surface area contributed by atoms with Crippen molar-refractivity contribution in [3.8, 4) is 0 Å². The summed E-state index contributed by atoms with van der Waals surface area (Å²) in [7, 11) is 0. The fourth-order valence-corrected chi connectivity index (χ4v) is 2.90.